The summed E-state index contributed by atoms with van der Waals surface area (Å²) in [5.74, 6) is 0. The minimum Gasteiger partial charge on any atom is -0.374 e. The Morgan fingerprint density at radius 1 is 1.36 bits per heavy atom. The van der Waals surface area contributed by atoms with Crippen LogP contribution in [0.4, 0.5) is 5.13 Å². The fourth-order valence-electron chi connectivity index (χ4n) is 0.776. The van der Waals surface area contributed by atoms with Gasteiger partial charge in [0.1, 0.15) is 0 Å². The minimum atomic E-state index is -3.58. The van der Waals surface area contributed by atoms with Crippen LogP contribution in [-0.4, -0.2) is 24.2 Å². The Morgan fingerprint density at radius 3 is 2.29 bits per heavy atom. The summed E-state index contributed by atoms with van der Waals surface area (Å²) in [4.78, 5) is 0. The van der Waals surface area contributed by atoms with E-state index in [4.69, 9.17) is 5.73 Å². The molecule has 0 fully saturated rings. The highest BCUT2D eigenvalue weighted by atomic mass is 32.2. The van der Waals surface area contributed by atoms with Crippen LogP contribution in [0.3, 0.4) is 0 Å². The van der Waals surface area contributed by atoms with Crippen LogP contribution < -0.4 is 10.5 Å². The quantitative estimate of drug-likeness (QED) is 0.764. The molecule has 0 spiro atoms. The van der Waals surface area contributed by atoms with Gasteiger partial charge in [-0.15, -0.1) is 10.2 Å². The summed E-state index contributed by atoms with van der Waals surface area (Å²) in [5, 5.41) is 7.04. The molecule has 6 nitrogen and oxygen atoms in total. The maximum absolute atomic E-state index is 11.6. The maximum Gasteiger partial charge on any atom is 0.270 e. The van der Waals surface area contributed by atoms with E-state index in [0.29, 0.717) is 0 Å². The van der Waals surface area contributed by atoms with Gasteiger partial charge in [0, 0.05) is 5.54 Å². The molecule has 0 bridgehead atoms. The largest absolute Gasteiger partial charge is 0.374 e. The molecule has 0 unspecified atom stereocenters. The van der Waals surface area contributed by atoms with Gasteiger partial charge in [-0.1, -0.05) is 11.3 Å². The molecule has 0 aliphatic rings. The molecule has 0 atom stereocenters. The lowest BCUT2D eigenvalue weighted by Gasteiger charge is -2.18. The first-order chi connectivity index (χ1) is 6.21. The van der Waals surface area contributed by atoms with E-state index in [-0.39, 0.29) is 9.47 Å². The van der Waals surface area contributed by atoms with E-state index in [2.05, 4.69) is 14.9 Å². The second-order valence-electron chi connectivity index (χ2n) is 3.76. The summed E-state index contributed by atoms with van der Waals surface area (Å²) in [5.41, 5.74) is 4.75. The highest BCUT2D eigenvalue weighted by Crippen LogP contribution is 2.18. The number of aromatic nitrogens is 2. The molecule has 0 amide bonds. The van der Waals surface area contributed by atoms with Crippen molar-refractivity contribution in [1.82, 2.24) is 14.9 Å². The first-order valence-corrected chi connectivity index (χ1v) is 6.14. The van der Waals surface area contributed by atoms with Crippen molar-refractivity contribution in [2.24, 2.45) is 0 Å². The number of anilines is 1. The molecule has 0 saturated carbocycles. The van der Waals surface area contributed by atoms with Gasteiger partial charge in [0.15, 0.2) is 0 Å². The average Bonchev–Trinajstić information content (AvgIpc) is 2.29. The van der Waals surface area contributed by atoms with Gasteiger partial charge in [-0.05, 0) is 20.8 Å². The first kappa shape index (κ1) is 11.3. The van der Waals surface area contributed by atoms with E-state index in [9.17, 15) is 8.42 Å². The fourth-order valence-corrected chi connectivity index (χ4v) is 2.98. The van der Waals surface area contributed by atoms with Gasteiger partial charge in [-0.25, -0.2) is 13.1 Å². The summed E-state index contributed by atoms with van der Waals surface area (Å²) >= 11 is 0.840. The molecular formula is C6H12N4O2S2. The van der Waals surface area contributed by atoms with E-state index in [0.717, 1.165) is 11.3 Å². The third kappa shape index (κ3) is 2.89. The molecule has 1 heterocycles. The van der Waals surface area contributed by atoms with Gasteiger partial charge >= 0.3 is 0 Å². The molecule has 1 aromatic heterocycles. The van der Waals surface area contributed by atoms with Gasteiger partial charge in [0.2, 0.25) is 9.47 Å². The molecule has 8 heteroatoms. The van der Waals surface area contributed by atoms with Crippen LogP contribution in [-0.2, 0) is 10.0 Å². The molecule has 0 saturated heterocycles. The average molecular weight is 236 g/mol. The first-order valence-electron chi connectivity index (χ1n) is 3.84. The van der Waals surface area contributed by atoms with Crippen LogP contribution in [0.1, 0.15) is 20.8 Å². The topological polar surface area (TPSA) is 98.0 Å². The number of nitrogens with one attached hydrogen (secondary N) is 1. The van der Waals surface area contributed by atoms with Crippen molar-refractivity contribution in [3.8, 4) is 0 Å². The fraction of sp³-hybridized carbons (Fsp3) is 0.667. The third-order valence-electron chi connectivity index (χ3n) is 1.09. The lowest BCUT2D eigenvalue weighted by Crippen LogP contribution is -2.40. The van der Waals surface area contributed by atoms with Gasteiger partial charge in [0.25, 0.3) is 10.0 Å². The van der Waals surface area contributed by atoms with Crippen molar-refractivity contribution in [2.75, 3.05) is 5.73 Å². The predicted molar refractivity (Wildman–Crippen MR) is 54.4 cm³/mol. The third-order valence-corrected chi connectivity index (χ3v) is 3.97. The zero-order valence-corrected chi connectivity index (χ0v) is 9.74. The molecule has 80 valence electrons. The number of nitrogen functional groups attached to an aromatic ring is 1. The highest BCUT2D eigenvalue weighted by Gasteiger charge is 2.25. The van der Waals surface area contributed by atoms with E-state index in [1.807, 2.05) is 0 Å². The standard InChI is InChI=1S/C6H12N4O2S2/c1-6(2,3)10-14(11,12)5-9-8-4(7)13-5/h10H,1-3H3,(H2,7,8). The molecule has 1 aromatic rings. The molecule has 0 aliphatic heterocycles. The number of nitrogens with zero attached hydrogens (tertiary/aromatic N) is 2. The Morgan fingerprint density at radius 2 is 1.93 bits per heavy atom. The Hall–Kier alpha value is -0.730. The number of rotatable bonds is 2. The zero-order valence-electron chi connectivity index (χ0n) is 8.10. The van der Waals surface area contributed by atoms with Crippen LogP contribution in [0.5, 0.6) is 0 Å². The number of hydrogen-bond acceptors (Lipinski definition) is 6. The van der Waals surface area contributed by atoms with E-state index >= 15 is 0 Å². The maximum atomic E-state index is 11.6. The molecule has 0 aliphatic carbocycles. The monoisotopic (exact) mass is 236 g/mol. The smallest absolute Gasteiger partial charge is 0.270 e. The minimum absolute atomic E-state index is 0.107. The van der Waals surface area contributed by atoms with Crippen molar-refractivity contribution < 1.29 is 8.42 Å². The molecular weight excluding hydrogens is 224 g/mol. The Kier molecular flexibility index (Phi) is 2.79. The van der Waals surface area contributed by atoms with Crippen molar-refractivity contribution >= 4 is 26.5 Å². The van der Waals surface area contributed by atoms with Crippen molar-refractivity contribution in [3.63, 3.8) is 0 Å². The van der Waals surface area contributed by atoms with Gasteiger partial charge in [-0.3, -0.25) is 0 Å². The summed E-state index contributed by atoms with van der Waals surface area (Å²) in [7, 11) is -3.58. The molecule has 3 N–H and O–H groups in total. The molecule has 0 aromatic carbocycles. The van der Waals surface area contributed by atoms with E-state index in [1.165, 1.54) is 0 Å². The molecule has 1 rings (SSSR count). The number of hydrogen-bond donors (Lipinski definition) is 2. The van der Waals surface area contributed by atoms with Crippen LogP contribution in [0.2, 0.25) is 0 Å². The summed E-state index contributed by atoms with van der Waals surface area (Å²) in [6, 6.07) is 0. The molecule has 14 heavy (non-hydrogen) atoms. The van der Waals surface area contributed by atoms with Crippen molar-refractivity contribution in [1.29, 1.82) is 0 Å². The second kappa shape index (κ2) is 3.44. The van der Waals surface area contributed by atoms with Gasteiger partial charge < -0.3 is 5.73 Å². The molecule has 0 radical (unpaired) electrons. The van der Waals surface area contributed by atoms with Crippen LogP contribution >= 0.6 is 11.3 Å². The number of sulfonamides is 1. The van der Waals surface area contributed by atoms with E-state index in [1.54, 1.807) is 20.8 Å². The summed E-state index contributed by atoms with van der Waals surface area (Å²) in [6.45, 7) is 5.23. The van der Waals surface area contributed by atoms with Gasteiger partial charge in [-0.2, -0.15) is 0 Å². The van der Waals surface area contributed by atoms with Crippen molar-refractivity contribution in [2.45, 2.75) is 30.6 Å². The van der Waals surface area contributed by atoms with E-state index < -0.39 is 15.6 Å². The zero-order chi connectivity index (χ0) is 11.0. The lowest BCUT2D eigenvalue weighted by molar-refractivity contribution is 0.490. The Bertz CT molecular complexity index is 417. The van der Waals surface area contributed by atoms with Crippen LogP contribution in [0, 0.1) is 0 Å². The SMILES string of the molecule is CC(C)(C)NS(=O)(=O)c1nnc(N)s1. The Labute approximate surface area is 86.6 Å². The van der Waals surface area contributed by atoms with Crippen LogP contribution in [0.15, 0.2) is 4.34 Å². The lowest BCUT2D eigenvalue weighted by atomic mass is 10.1. The summed E-state index contributed by atoms with van der Waals surface area (Å²) < 4.78 is 25.5. The normalized spacial score (nSPS) is 13.1. The van der Waals surface area contributed by atoms with Crippen molar-refractivity contribution in [3.05, 3.63) is 0 Å². The van der Waals surface area contributed by atoms with Crippen LogP contribution in [0.25, 0.3) is 0 Å². The Balaban J connectivity index is 2.98. The predicted octanol–water partition coefficient (Wildman–Crippen LogP) is 0.197. The highest BCUT2D eigenvalue weighted by molar-refractivity contribution is 7.91. The number of nitrogens with two attached hydrogens (primary N) is 1. The summed E-state index contributed by atoms with van der Waals surface area (Å²) in [6.07, 6.45) is 0. The second-order valence-corrected chi connectivity index (χ2v) is 6.63. The van der Waals surface area contributed by atoms with Gasteiger partial charge in [0.05, 0.1) is 0 Å².